The number of carbonyl (C=O) groups excluding carboxylic acids is 2. The van der Waals surface area contributed by atoms with Crippen LogP contribution in [0, 0.1) is 5.92 Å². The Labute approximate surface area is 154 Å². The SMILES string of the molecule is O=C(Cc1ccc2c(c1)OCO2)N1CCN(C(=O)C2CCCCC2)CC1. The first-order valence-electron chi connectivity index (χ1n) is 9.66. The maximum atomic E-state index is 12.6. The summed E-state index contributed by atoms with van der Waals surface area (Å²) in [4.78, 5) is 29.1. The molecular weight excluding hydrogens is 332 g/mol. The van der Waals surface area contributed by atoms with Crippen LogP contribution in [0.2, 0.25) is 0 Å². The molecule has 1 aromatic carbocycles. The number of rotatable bonds is 3. The Morgan fingerprint density at radius 3 is 2.38 bits per heavy atom. The first-order valence-corrected chi connectivity index (χ1v) is 9.66. The maximum Gasteiger partial charge on any atom is 0.231 e. The molecule has 1 aliphatic carbocycles. The predicted octanol–water partition coefficient (Wildman–Crippen LogP) is 2.21. The van der Waals surface area contributed by atoms with Gasteiger partial charge >= 0.3 is 0 Å². The van der Waals surface area contributed by atoms with Gasteiger partial charge in [0.05, 0.1) is 6.42 Å². The van der Waals surface area contributed by atoms with Gasteiger partial charge in [-0.15, -0.1) is 0 Å². The monoisotopic (exact) mass is 358 g/mol. The van der Waals surface area contributed by atoms with E-state index in [1.807, 2.05) is 28.0 Å². The van der Waals surface area contributed by atoms with Gasteiger partial charge in [-0.05, 0) is 30.5 Å². The number of amides is 2. The fourth-order valence-corrected chi connectivity index (χ4v) is 4.12. The fourth-order valence-electron chi connectivity index (χ4n) is 4.12. The van der Waals surface area contributed by atoms with Crippen LogP contribution in [0.25, 0.3) is 0 Å². The van der Waals surface area contributed by atoms with Gasteiger partial charge in [-0.2, -0.15) is 0 Å². The van der Waals surface area contributed by atoms with E-state index in [1.165, 1.54) is 19.3 Å². The lowest BCUT2D eigenvalue weighted by atomic mass is 9.88. The Morgan fingerprint density at radius 1 is 0.923 bits per heavy atom. The zero-order chi connectivity index (χ0) is 17.9. The molecule has 1 saturated heterocycles. The van der Waals surface area contributed by atoms with Crippen LogP contribution < -0.4 is 9.47 Å². The molecular formula is C20H26N2O4. The average molecular weight is 358 g/mol. The molecule has 4 rings (SSSR count). The van der Waals surface area contributed by atoms with Crippen molar-refractivity contribution in [3.63, 3.8) is 0 Å². The highest BCUT2D eigenvalue weighted by molar-refractivity contribution is 5.81. The molecule has 1 aromatic rings. The van der Waals surface area contributed by atoms with E-state index in [9.17, 15) is 9.59 Å². The minimum Gasteiger partial charge on any atom is -0.454 e. The summed E-state index contributed by atoms with van der Waals surface area (Å²) in [6, 6.07) is 5.64. The highest BCUT2D eigenvalue weighted by Gasteiger charge is 2.29. The number of fused-ring (bicyclic) bond motifs is 1. The van der Waals surface area contributed by atoms with Crippen LogP contribution in [0.5, 0.6) is 11.5 Å². The van der Waals surface area contributed by atoms with Crippen molar-refractivity contribution < 1.29 is 19.1 Å². The second kappa shape index (κ2) is 7.56. The molecule has 140 valence electrons. The number of hydrogen-bond donors (Lipinski definition) is 0. The standard InChI is InChI=1S/C20H26N2O4/c23-19(13-15-6-7-17-18(12-15)26-14-25-17)21-8-10-22(11-9-21)20(24)16-4-2-1-3-5-16/h6-7,12,16H,1-5,8-11,13-14H2. The first kappa shape index (κ1) is 17.2. The summed E-state index contributed by atoms with van der Waals surface area (Å²) in [5, 5.41) is 0. The smallest absolute Gasteiger partial charge is 0.231 e. The third-order valence-electron chi connectivity index (χ3n) is 5.69. The number of carbonyl (C=O) groups is 2. The van der Waals surface area contributed by atoms with E-state index >= 15 is 0 Å². The summed E-state index contributed by atoms with van der Waals surface area (Å²) in [5.74, 6) is 2.05. The van der Waals surface area contributed by atoms with E-state index in [1.54, 1.807) is 0 Å². The topological polar surface area (TPSA) is 59.1 Å². The number of nitrogens with zero attached hydrogens (tertiary/aromatic N) is 2. The van der Waals surface area contributed by atoms with E-state index in [4.69, 9.17) is 9.47 Å². The van der Waals surface area contributed by atoms with Crippen LogP contribution in [0.4, 0.5) is 0 Å². The summed E-state index contributed by atoms with van der Waals surface area (Å²) in [5.41, 5.74) is 0.931. The van der Waals surface area contributed by atoms with E-state index in [0.717, 1.165) is 24.2 Å². The molecule has 0 bridgehead atoms. The van der Waals surface area contributed by atoms with Crippen LogP contribution >= 0.6 is 0 Å². The Morgan fingerprint density at radius 2 is 1.62 bits per heavy atom. The molecule has 0 unspecified atom stereocenters. The van der Waals surface area contributed by atoms with E-state index in [2.05, 4.69) is 0 Å². The van der Waals surface area contributed by atoms with Gasteiger partial charge < -0.3 is 19.3 Å². The summed E-state index contributed by atoms with van der Waals surface area (Å²) >= 11 is 0. The van der Waals surface area contributed by atoms with Crippen LogP contribution in [0.15, 0.2) is 18.2 Å². The lowest BCUT2D eigenvalue weighted by Crippen LogP contribution is -2.52. The van der Waals surface area contributed by atoms with Crippen molar-refractivity contribution in [1.29, 1.82) is 0 Å². The highest BCUT2D eigenvalue weighted by Crippen LogP contribution is 2.32. The fraction of sp³-hybridized carbons (Fsp3) is 0.600. The van der Waals surface area contributed by atoms with Gasteiger partial charge in [-0.3, -0.25) is 9.59 Å². The molecule has 6 nitrogen and oxygen atoms in total. The lowest BCUT2D eigenvalue weighted by Gasteiger charge is -2.37. The molecule has 0 spiro atoms. The molecule has 2 fully saturated rings. The summed E-state index contributed by atoms with van der Waals surface area (Å²) in [6.45, 7) is 2.80. The van der Waals surface area contributed by atoms with Gasteiger partial charge in [-0.1, -0.05) is 25.3 Å². The molecule has 3 aliphatic rings. The van der Waals surface area contributed by atoms with Crippen LogP contribution in [0.1, 0.15) is 37.7 Å². The van der Waals surface area contributed by atoms with Crippen molar-refractivity contribution in [2.45, 2.75) is 38.5 Å². The number of piperazine rings is 1. The van der Waals surface area contributed by atoms with Crippen molar-refractivity contribution in [3.8, 4) is 11.5 Å². The molecule has 2 amide bonds. The molecule has 0 radical (unpaired) electrons. The van der Waals surface area contributed by atoms with Crippen molar-refractivity contribution in [1.82, 2.24) is 9.80 Å². The summed E-state index contributed by atoms with van der Waals surface area (Å²) in [6.07, 6.45) is 6.01. The predicted molar refractivity (Wildman–Crippen MR) is 96.0 cm³/mol. The van der Waals surface area contributed by atoms with E-state index in [-0.39, 0.29) is 18.6 Å². The molecule has 0 N–H and O–H groups in total. The van der Waals surface area contributed by atoms with Gasteiger partial charge in [0.25, 0.3) is 0 Å². The number of benzene rings is 1. The second-order valence-corrected chi connectivity index (χ2v) is 7.41. The molecule has 26 heavy (non-hydrogen) atoms. The van der Waals surface area contributed by atoms with Crippen molar-refractivity contribution in [2.75, 3.05) is 33.0 Å². The molecule has 2 heterocycles. The third kappa shape index (κ3) is 3.64. The van der Waals surface area contributed by atoms with Gasteiger partial charge in [-0.25, -0.2) is 0 Å². The van der Waals surface area contributed by atoms with Crippen molar-refractivity contribution in [3.05, 3.63) is 23.8 Å². The molecule has 0 aromatic heterocycles. The van der Waals surface area contributed by atoms with E-state index < -0.39 is 0 Å². The summed E-state index contributed by atoms with van der Waals surface area (Å²) in [7, 11) is 0. The first-order chi connectivity index (χ1) is 12.7. The lowest BCUT2D eigenvalue weighted by molar-refractivity contribution is -0.142. The van der Waals surface area contributed by atoms with Crippen molar-refractivity contribution in [2.24, 2.45) is 5.92 Å². The molecule has 1 saturated carbocycles. The van der Waals surface area contributed by atoms with Gasteiger partial charge in [0.1, 0.15) is 0 Å². The average Bonchev–Trinajstić information content (AvgIpc) is 3.16. The summed E-state index contributed by atoms with van der Waals surface area (Å²) < 4.78 is 10.7. The second-order valence-electron chi connectivity index (χ2n) is 7.41. The van der Waals surface area contributed by atoms with Crippen LogP contribution in [-0.2, 0) is 16.0 Å². The van der Waals surface area contributed by atoms with Gasteiger partial charge in [0.2, 0.25) is 18.6 Å². The van der Waals surface area contributed by atoms with Crippen LogP contribution in [0.3, 0.4) is 0 Å². The molecule has 2 aliphatic heterocycles. The van der Waals surface area contributed by atoms with Gasteiger partial charge in [0, 0.05) is 32.1 Å². The van der Waals surface area contributed by atoms with Crippen LogP contribution in [-0.4, -0.2) is 54.6 Å². The Bertz CT molecular complexity index is 676. The molecule has 6 heteroatoms. The van der Waals surface area contributed by atoms with Crippen molar-refractivity contribution >= 4 is 11.8 Å². The maximum absolute atomic E-state index is 12.6. The zero-order valence-corrected chi connectivity index (χ0v) is 15.1. The normalized spacial score (nSPS) is 20.3. The quantitative estimate of drug-likeness (QED) is 0.831. The largest absolute Gasteiger partial charge is 0.454 e. The highest BCUT2D eigenvalue weighted by atomic mass is 16.7. The Balaban J connectivity index is 1.28. The molecule has 0 atom stereocenters. The Hall–Kier alpha value is -2.24. The number of hydrogen-bond acceptors (Lipinski definition) is 4. The zero-order valence-electron chi connectivity index (χ0n) is 15.1. The Kier molecular flexibility index (Phi) is 5.00. The van der Waals surface area contributed by atoms with E-state index in [0.29, 0.717) is 44.3 Å². The third-order valence-corrected chi connectivity index (χ3v) is 5.69. The minimum atomic E-state index is 0.105. The minimum absolute atomic E-state index is 0.105. The van der Waals surface area contributed by atoms with Gasteiger partial charge in [0.15, 0.2) is 11.5 Å². The number of ether oxygens (including phenoxy) is 2.